The first kappa shape index (κ1) is 9.78. The average Bonchev–Trinajstić information content (AvgIpc) is 2.64. The van der Waals surface area contributed by atoms with Crippen molar-refractivity contribution in [3.63, 3.8) is 0 Å². The maximum atomic E-state index is 4.98. The lowest BCUT2D eigenvalue weighted by Gasteiger charge is -2.03. The summed E-state index contributed by atoms with van der Waals surface area (Å²) >= 11 is 0. The van der Waals surface area contributed by atoms with E-state index in [-0.39, 0.29) is 0 Å². The molecule has 0 aliphatic heterocycles. The molecule has 13 heavy (non-hydrogen) atoms. The van der Waals surface area contributed by atoms with Gasteiger partial charge in [-0.2, -0.15) is 5.10 Å². The number of nitrogens with zero attached hydrogens (tertiary/aromatic N) is 2. The minimum atomic E-state index is 0.707. The summed E-state index contributed by atoms with van der Waals surface area (Å²) in [6, 6.07) is 1.90. The van der Waals surface area contributed by atoms with Crippen LogP contribution in [0.2, 0.25) is 0 Å². The van der Waals surface area contributed by atoms with Crippen LogP contribution in [0.15, 0.2) is 36.3 Å². The van der Waals surface area contributed by atoms with E-state index in [0.717, 1.165) is 18.5 Å². The molecule has 0 aromatic carbocycles. The molecule has 1 aromatic heterocycles. The fourth-order valence-corrected chi connectivity index (χ4v) is 1.04. The van der Waals surface area contributed by atoms with Crippen molar-refractivity contribution in [2.24, 2.45) is 0 Å². The molecular weight excluding hydrogens is 164 g/mol. The molecule has 0 saturated heterocycles. The van der Waals surface area contributed by atoms with Gasteiger partial charge in [0.15, 0.2) is 0 Å². The summed E-state index contributed by atoms with van der Waals surface area (Å²) in [5, 5.41) is 4.10. The fourth-order valence-electron chi connectivity index (χ4n) is 1.04. The monoisotopic (exact) mass is 178 g/mol. The first-order valence-electron chi connectivity index (χ1n) is 4.21. The Morgan fingerprint density at radius 2 is 2.54 bits per heavy atom. The molecule has 1 aromatic rings. The third-order valence-electron chi connectivity index (χ3n) is 1.77. The van der Waals surface area contributed by atoms with Crippen molar-refractivity contribution in [3.8, 4) is 0 Å². The van der Waals surface area contributed by atoms with Gasteiger partial charge in [-0.15, -0.1) is 5.73 Å². The topological polar surface area (TPSA) is 27.1 Å². The molecule has 0 amide bonds. The smallest absolute Gasteiger partial charge is 0.0694 e. The Labute approximate surface area is 78.3 Å². The Morgan fingerprint density at radius 3 is 3.08 bits per heavy atom. The molecule has 1 rings (SSSR count). The largest absolute Gasteiger partial charge is 0.384 e. The van der Waals surface area contributed by atoms with Crippen molar-refractivity contribution in [3.05, 3.63) is 36.3 Å². The van der Waals surface area contributed by atoms with Crippen molar-refractivity contribution in [2.75, 3.05) is 13.7 Å². The van der Waals surface area contributed by atoms with Crippen LogP contribution in [0.3, 0.4) is 0 Å². The van der Waals surface area contributed by atoms with Gasteiger partial charge in [0.2, 0.25) is 0 Å². The summed E-state index contributed by atoms with van der Waals surface area (Å²) in [5.41, 5.74) is 4.02. The van der Waals surface area contributed by atoms with E-state index in [2.05, 4.69) is 17.4 Å². The molecule has 1 heterocycles. The molecule has 0 N–H and O–H groups in total. The summed E-state index contributed by atoms with van der Waals surface area (Å²) < 4.78 is 6.83. The number of methoxy groups -OCH3 is 1. The molecular formula is C10H14N2O. The van der Waals surface area contributed by atoms with E-state index in [1.807, 2.05) is 16.9 Å². The first-order chi connectivity index (χ1) is 6.36. The molecule has 0 radical (unpaired) electrons. The number of hydrogen-bond donors (Lipinski definition) is 0. The van der Waals surface area contributed by atoms with E-state index in [0.29, 0.717) is 6.61 Å². The van der Waals surface area contributed by atoms with E-state index in [1.54, 1.807) is 13.3 Å². The Morgan fingerprint density at radius 1 is 1.69 bits per heavy atom. The molecule has 0 spiro atoms. The minimum Gasteiger partial charge on any atom is -0.384 e. The molecule has 3 nitrogen and oxygen atoms in total. The van der Waals surface area contributed by atoms with Crippen molar-refractivity contribution >= 4 is 0 Å². The van der Waals surface area contributed by atoms with Crippen LogP contribution < -0.4 is 0 Å². The van der Waals surface area contributed by atoms with E-state index in [1.165, 1.54) is 0 Å². The molecule has 70 valence electrons. The normalized spacial score (nSPS) is 9.62. The highest BCUT2D eigenvalue weighted by Crippen LogP contribution is 2.02. The second-order valence-corrected chi connectivity index (χ2v) is 2.73. The Bertz CT molecular complexity index is 284. The SMILES string of the molecule is C=C=C(CCOC)Cn1cccn1. The van der Waals surface area contributed by atoms with Crippen molar-refractivity contribution < 1.29 is 4.74 Å². The lowest BCUT2D eigenvalue weighted by molar-refractivity contribution is 0.201. The van der Waals surface area contributed by atoms with E-state index in [4.69, 9.17) is 4.74 Å². The summed E-state index contributed by atoms with van der Waals surface area (Å²) in [6.45, 7) is 5.09. The van der Waals surface area contributed by atoms with Crippen LogP contribution in [0.25, 0.3) is 0 Å². The summed E-state index contributed by atoms with van der Waals surface area (Å²) in [4.78, 5) is 0. The van der Waals surface area contributed by atoms with Crippen molar-refractivity contribution in [2.45, 2.75) is 13.0 Å². The molecule has 0 bridgehead atoms. The highest BCUT2D eigenvalue weighted by molar-refractivity contribution is 4.99. The summed E-state index contributed by atoms with van der Waals surface area (Å²) in [5.74, 6) is 0. The zero-order chi connectivity index (χ0) is 9.52. The van der Waals surface area contributed by atoms with Gasteiger partial charge < -0.3 is 4.74 Å². The van der Waals surface area contributed by atoms with Crippen LogP contribution in [-0.2, 0) is 11.3 Å². The first-order valence-corrected chi connectivity index (χ1v) is 4.21. The van der Waals surface area contributed by atoms with Gasteiger partial charge in [0.05, 0.1) is 13.2 Å². The molecule has 0 saturated carbocycles. The zero-order valence-corrected chi connectivity index (χ0v) is 7.86. The molecule has 0 unspecified atom stereocenters. The van der Waals surface area contributed by atoms with Crippen molar-refractivity contribution in [1.29, 1.82) is 0 Å². The molecule has 0 aliphatic carbocycles. The van der Waals surface area contributed by atoms with Gasteiger partial charge in [-0.3, -0.25) is 4.68 Å². The van der Waals surface area contributed by atoms with E-state index < -0.39 is 0 Å². The number of aromatic nitrogens is 2. The van der Waals surface area contributed by atoms with Crippen molar-refractivity contribution in [1.82, 2.24) is 9.78 Å². The number of hydrogen-bond acceptors (Lipinski definition) is 2. The summed E-state index contributed by atoms with van der Waals surface area (Å²) in [7, 11) is 1.69. The molecule has 0 fully saturated rings. The Hall–Kier alpha value is -1.31. The third-order valence-corrected chi connectivity index (χ3v) is 1.77. The quantitative estimate of drug-likeness (QED) is 0.641. The second kappa shape index (κ2) is 5.36. The Kier molecular flexibility index (Phi) is 4.03. The van der Waals surface area contributed by atoms with Gasteiger partial charge in [-0.05, 0) is 11.6 Å². The summed E-state index contributed by atoms with van der Waals surface area (Å²) in [6.07, 6.45) is 4.54. The lowest BCUT2D eigenvalue weighted by atomic mass is 10.2. The maximum absolute atomic E-state index is 4.98. The predicted octanol–water partition coefficient (Wildman–Crippen LogP) is 1.63. The average molecular weight is 178 g/mol. The molecule has 0 aliphatic rings. The van der Waals surface area contributed by atoms with Crippen LogP contribution in [-0.4, -0.2) is 23.5 Å². The zero-order valence-electron chi connectivity index (χ0n) is 7.86. The second-order valence-electron chi connectivity index (χ2n) is 2.73. The van der Waals surface area contributed by atoms with Gasteiger partial charge in [0.25, 0.3) is 0 Å². The Balaban J connectivity index is 2.46. The highest BCUT2D eigenvalue weighted by Gasteiger charge is 1.97. The molecule has 3 heteroatoms. The highest BCUT2D eigenvalue weighted by atomic mass is 16.5. The van der Waals surface area contributed by atoms with Crippen LogP contribution >= 0.6 is 0 Å². The lowest BCUT2D eigenvalue weighted by Crippen LogP contribution is -2.03. The van der Waals surface area contributed by atoms with Gasteiger partial charge in [-0.25, -0.2) is 0 Å². The number of rotatable bonds is 5. The van der Waals surface area contributed by atoms with E-state index >= 15 is 0 Å². The van der Waals surface area contributed by atoms with Crippen LogP contribution in [0.5, 0.6) is 0 Å². The van der Waals surface area contributed by atoms with Gasteiger partial charge in [0.1, 0.15) is 0 Å². The van der Waals surface area contributed by atoms with Gasteiger partial charge in [0, 0.05) is 25.9 Å². The third kappa shape index (κ3) is 3.28. The van der Waals surface area contributed by atoms with E-state index in [9.17, 15) is 0 Å². The maximum Gasteiger partial charge on any atom is 0.0694 e. The fraction of sp³-hybridized carbons (Fsp3) is 0.400. The number of ether oxygens (including phenoxy) is 1. The minimum absolute atomic E-state index is 0.707. The van der Waals surface area contributed by atoms with Crippen LogP contribution in [0.1, 0.15) is 6.42 Å². The predicted molar refractivity (Wildman–Crippen MR) is 51.4 cm³/mol. The van der Waals surface area contributed by atoms with Gasteiger partial charge in [-0.1, -0.05) is 6.58 Å². The molecule has 0 atom stereocenters. The van der Waals surface area contributed by atoms with Gasteiger partial charge >= 0.3 is 0 Å². The van der Waals surface area contributed by atoms with Crippen LogP contribution in [0, 0.1) is 0 Å². The van der Waals surface area contributed by atoms with Crippen LogP contribution in [0.4, 0.5) is 0 Å². The standard InChI is InChI=1S/C10H14N2O/c1-3-10(5-8-13-2)9-12-7-4-6-11-12/h4,6-7H,1,5,8-9H2,2H3.